The summed E-state index contributed by atoms with van der Waals surface area (Å²) in [7, 11) is 0. The standard InChI is InChI=1S/2C27H36F3NO2/c2*1-17(2)9-14-22(18-10-12-21(13-11-18)27(28,29)30)31-23(26(3,4)5)15-19-7-6-8-20(25(19)31)16-24(32)33/h2*10-13,15,17,20,22H,6-9,14,16H2,1-5H3,(H,32,33)/t20-,22+;20-,22-/m10/s1. The first-order valence-corrected chi connectivity index (χ1v) is 23.8. The number of benzene rings is 2. The van der Waals surface area contributed by atoms with E-state index < -0.39 is 35.4 Å². The van der Waals surface area contributed by atoms with Gasteiger partial charge < -0.3 is 19.3 Å². The lowest BCUT2D eigenvalue weighted by Crippen LogP contribution is -2.26. The fourth-order valence-corrected chi connectivity index (χ4v) is 10.2. The normalized spacial score (nSPS) is 17.8. The Bertz CT molecular complexity index is 2090. The molecule has 2 N–H and O–H groups in total. The van der Waals surface area contributed by atoms with Crippen molar-refractivity contribution in [3.05, 3.63) is 117 Å². The van der Waals surface area contributed by atoms with Gasteiger partial charge in [0.15, 0.2) is 0 Å². The molecule has 0 saturated carbocycles. The number of hydrogen-bond acceptors (Lipinski definition) is 2. The lowest BCUT2D eigenvalue weighted by atomic mass is 9.85. The first-order chi connectivity index (χ1) is 30.6. The van der Waals surface area contributed by atoms with Gasteiger partial charge in [0.2, 0.25) is 0 Å². The van der Waals surface area contributed by atoms with Gasteiger partial charge in [-0.1, -0.05) is 93.5 Å². The summed E-state index contributed by atoms with van der Waals surface area (Å²) in [6, 6.07) is 15.2. The summed E-state index contributed by atoms with van der Waals surface area (Å²) in [6.07, 6.45) is 0.172. The molecule has 0 bridgehead atoms. The van der Waals surface area contributed by atoms with E-state index in [-0.39, 0.29) is 47.6 Å². The maximum atomic E-state index is 13.2. The number of halogens is 6. The number of aryl methyl sites for hydroxylation is 2. The highest BCUT2D eigenvalue weighted by Crippen LogP contribution is 2.46. The smallest absolute Gasteiger partial charge is 0.416 e. The minimum atomic E-state index is -4.37. The zero-order chi connectivity index (χ0) is 49.1. The van der Waals surface area contributed by atoms with E-state index in [0.717, 1.165) is 98.1 Å². The predicted octanol–water partition coefficient (Wildman–Crippen LogP) is 15.4. The average Bonchev–Trinajstić information content (AvgIpc) is 3.79. The van der Waals surface area contributed by atoms with Crippen molar-refractivity contribution in [2.75, 3.05) is 0 Å². The number of rotatable bonds is 14. The summed E-state index contributed by atoms with van der Waals surface area (Å²) in [6.45, 7) is 21.4. The Morgan fingerprint density at radius 2 is 0.879 bits per heavy atom. The van der Waals surface area contributed by atoms with Gasteiger partial charge in [-0.05, 0) is 135 Å². The second-order valence-corrected chi connectivity index (χ2v) is 21.7. The molecule has 0 amide bonds. The van der Waals surface area contributed by atoms with E-state index in [2.05, 4.69) is 90.5 Å². The molecule has 4 aromatic rings. The molecule has 66 heavy (non-hydrogen) atoms. The molecule has 6 rings (SSSR count). The predicted molar refractivity (Wildman–Crippen MR) is 249 cm³/mol. The summed E-state index contributed by atoms with van der Waals surface area (Å²) in [5, 5.41) is 19.1. The topological polar surface area (TPSA) is 84.5 Å². The Labute approximate surface area is 388 Å². The van der Waals surface area contributed by atoms with Crippen LogP contribution in [0.4, 0.5) is 26.3 Å². The highest BCUT2D eigenvalue weighted by atomic mass is 19.4. The van der Waals surface area contributed by atoms with Gasteiger partial charge in [0.25, 0.3) is 0 Å². The van der Waals surface area contributed by atoms with E-state index in [1.807, 2.05) is 0 Å². The van der Waals surface area contributed by atoms with Crippen LogP contribution < -0.4 is 0 Å². The van der Waals surface area contributed by atoms with Crippen molar-refractivity contribution in [3.63, 3.8) is 0 Å². The third-order valence-electron chi connectivity index (χ3n) is 13.4. The first-order valence-electron chi connectivity index (χ1n) is 23.8. The van der Waals surface area contributed by atoms with Crippen molar-refractivity contribution in [2.24, 2.45) is 11.8 Å². The minimum Gasteiger partial charge on any atom is -0.481 e. The molecular formula is C54H72F6N2O4. The van der Waals surface area contributed by atoms with Gasteiger partial charge in [-0.15, -0.1) is 0 Å². The number of carboxylic acids is 2. The maximum absolute atomic E-state index is 13.2. The number of fused-ring (bicyclic) bond motifs is 2. The molecule has 0 aliphatic heterocycles. The van der Waals surface area contributed by atoms with Gasteiger partial charge in [-0.2, -0.15) is 26.3 Å². The zero-order valence-electron chi connectivity index (χ0n) is 40.6. The molecule has 2 aromatic heterocycles. The van der Waals surface area contributed by atoms with Crippen LogP contribution in [-0.4, -0.2) is 31.3 Å². The maximum Gasteiger partial charge on any atom is 0.416 e. The fourth-order valence-electron chi connectivity index (χ4n) is 10.2. The molecule has 2 aliphatic rings. The number of carbonyl (C=O) groups is 2. The van der Waals surface area contributed by atoms with Gasteiger partial charge in [-0.25, -0.2) is 0 Å². The Hall–Kier alpha value is -4.48. The number of carboxylic acid groups (broad SMARTS) is 2. The van der Waals surface area contributed by atoms with Crippen LogP contribution in [-0.2, 0) is 45.6 Å². The molecule has 0 fully saturated rings. The summed E-state index contributed by atoms with van der Waals surface area (Å²) < 4.78 is 83.8. The SMILES string of the molecule is CC(C)CC[C@@H](c1ccc(C(F)(F)F)cc1)n1c(C(C)(C)C)cc2c1[C@@H](CC(=O)O)CCC2.CC(C)CC[C@@H](c1ccc(C(F)(F)F)cc1)n1c(C(C)(C)C)cc2c1[C@H](CC(=O)O)CCC2. The molecule has 6 nitrogen and oxygen atoms in total. The number of aliphatic carboxylic acids is 2. The van der Waals surface area contributed by atoms with Crippen molar-refractivity contribution < 1.29 is 46.1 Å². The van der Waals surface area contributed by atoms with E-state index in [1.165, 1.54) is 35.4 Å². The number of hydrogen-bond donors (Lipinski definition) is 2. The zero-order valence-corrected chi connectivity index (χ0v) is 40.6. The number of aromatic nitrogens is 2. The molecule has 0 unspecified atom stereocenters. The molecule has 0 radical (unpaired) electrons. The quantitative estimate of drug-likeness (QED) is 0.123. The Balaban J connectivity index is 0.000000247. The summed E-state index contributed by atoms with van der Waals surface area (Å²) in [4.78, 5) is 23.3. The Morgan fingerprint density at radius 3 is 1.14 bits per heavy atom. The number of alkyl halides is 6. The van der Waals surface area contributed by atoms with E-state index in [9.17, 15) is 46.1 Å². The van der Waals surface area contributed by atoms with Gasteiger partial charge in [0, 0.05) is 45.4 Å². The monoisotopic (exact) mass is 927 g/mol. The van der Waals surface area contributed by atoms with E-state index in [4.69, 9.17) is 0 Å². The van der Waals surface area contributed by atoms with E-state index >= 15 is 0 Å². The van der Waals surface area contributed by atoms with Gasteiger partial charge in [-0.3, -0.25) is 9.59 Å². The number of nitrogens with zero attached hydrogens (tertiary/aromatic N) is 2. The van der Waals surface area contributed by atoms with Crippen LogP contribution in [0.25, 0.3) is 0 Å². The Morgan fingerprint density at radius 1 is 0.561 bits per heavy atom. The van der Waals surface area contributed by atoms with E-state index in [1.54, 1.807) is 24.3 Å². The molecule has 0 spiro atoms. The summed E-state index contributed by atoms with van der Waals surface area (Å²) in [5.74, 6) is -0.906. The van der Waals surface area contributed by atoms with Crippen LogP contribution in [0.5, 0.6) is 0 Å². The molecule has 0 saturated heterocycles. The third-order valence-corrected chi connectivity index (χ3v) is 13.4. The van der Waals surface area contributed by atoms with Crippen molar-refractivity contribution in [1.29, 1.82) is 0 Å². The minimum absolute atomic E-state index is 0.0739. The van der Waals surface area contributed by atoms with E-state index in [0.29, 0.717) is 11.8 Å². The highest BCUT2D eigenvalue weighted by molar-refractivity contribution is 5.68. The molecule has 12 heteroatoms. The highest BCUT2D eigenvalue weighted by Gasteiger charge is 2.38. The van der Waals surface area contributed by atoms with Crippen molar-refractivity contribution >= 4 is 11.9 Å². The van der Waals surface area contributed by atoms with Crippen LogP contribution in [0, 0.1) is 11.8 Å². The Kier molecular flexibility index (Phi) is 16.5. The molecule has 2 heterocycles. The van der Waals surface area contributed by atoms with Gasteiger partial charge in [0.05, 0.1) is 36.1 Å². The van der Waals surface area contributed by atoms with Crippen LogP contribution in [0.1, 0.15) is 214 Å². The largest absolute Gasteiger partial charge is 0.481 e. The van der Waals surface area contributed by atoms with Crippen LogP contribution >= 0.6 is 0 Å². The molecule has 4 atom stereocenters. The lowest BCUT2D eigenvalue weighted by molar-refractivity contribution is -0.138. The lowest BCUT2D eigenvalue weighted by Gasteiger charge is -2.33. The second-order valence-electron chi connectivity index (χ2n) is 21.7. The molecule has 2 aliphatic carbocycles. The van der Waals surface area contributed by atoms with Crippen LogP contribution in [0.3, 0.4) is 0 Å². The first kappa shape index (κ1) is 52.5. The second kappa shape index (κ2) is 20.8. The van der Waals surface area contributed by atoms with Gasteiger partial charge in [0.1, 0.15) is 0 Å². The summed E-state index contributed by atoms with van der Waals surface area (Å²) >= 11 is 0. The molecule has 364 valence electrons. The molecule has 2 aromatic carbocycles. The van der Waals surface area contributed by atoms with Crippen molar-refractivity contribution in [1.82, 2.24) is 9.13 Å². The van der Waals surface area contributed by atoms with Gasteiger partial charge >= 0.3 is 24.3 Å². The average molecular weight is 927 g/mol. The molecular weight excluding hydrogens is 855 g/mol. The third kappa shape index (κ3) is 12.9. The van der Waals surface area contributed by atoms with Crippen molar-refractivity contribution in [2.45, 2.75) is 193 Å². The van der Waals surface area contributed by atoms with Crippen LogP contribution in [0.2, 0.25) is 0 Å². The van der Waals surface area contributed by atoms with Crippen LogP contribution in [0.15, 0.2) is 60.7 Å². The summed E-state index contributed by atoms with van der Waals surface area (Å²) in [5.41, 5.74) is 6.78. The van der Waals surface area contributed by atoms with Crippen molar-refractivity contribution in [3.8, 4) is 0 Å². The fraction of sp³-hybridized carbons (Fsp3) is 0.593.